The van der Waals surface area contributed by atoms with E-state index in [2.05, 4.69) is 58.3 Å². The number of benzene rings is 1. The van der Waals surface area contributed by atoms with Crippen molar-refractivity contribution in [2.75, 3.05) is 5.75 Å². The quantitative estimate of drug-likeness (QED) is 0.292. The Morgan fingerprint density at radius 2 is 1.93 bits per heavy atom. The maximum absolute atomic E-state index is 13.0. The van der Waals surface area contributed by atoms with Crippen LogP contribution in [0.15, 0.2) is 53.0 Å². The lowest BCUT2D eigenvalue weighted by Gasteiger charge is -2.08. The molecule has 0 bridgehead atoms. The number of hydrogen-bond donors (Lipinski definition) is 0. The van der Waals surface area contributed by atoms with E-state index in [1.807, 2.05) is 36.7 Å². The van der Waals surface area contributed by atoms with Gasteiger partial charge in [0, 0.05) is 34.4 Å². The smallest absolute Gasteiger partial charge is 0.191 e. The molecule has 1 aromatic carbocycles. The maximum atomic E-state index is 13.0. The predicted octanol–water partition coefficient (Wildman–Crippen LogP) is 5.29. The van der Waals surface area contributed by atoms with Gasteiger partial charge in [-0.05, 0) is 44.4 Å². The Bertz CT molecular complexity index is 1190. The number of aryl methyl sites for hydroxylation is 2. The first-order chi connectivity index (χ1) is 14.4. The van der Waals surface area contributed by atoms with Gasteiger partial charge in [0.2, 0.25) is 0 Å². The van der Waals surface area contributed by atoms with E-state index in [9.17, 15) is 4.79 Å². The molecule has 0 saturated carbocycles. The van der Waals surface area contributed by atoms with Crippen LogP contribution in [-0.2, 0) is 13.6 Å². The van der Waals surface area contributed by atoms with E-state index in [0.29, 0.717) is 5.75 Å². The summed E-state index contributed by atoms with van der Waals surface area (Å²) in [5, 5.41) is 11.5. The molecule has 0 amide bonds. The zero-order chi connectivity index (χ0) is 21.3. The number of thioether (sulfide) groups is 1. The summed E-state index contributed by atoms with van der Waals surface area (Å²) in [7, 11) is 1.94. The highest BCUT2D eigenvalue weighted by Crippen LogP contribution is 2.25. The lowest BCUT2D eigenvalue weighted by Crippen LogP contribution is -2.07. The fourth-order valence-corrected chi connectivity index (χ4v) is 5.06. The molecule has 5 nitrogen and oxygen atoms in total. The van der Waals surface area contributed by atoms with Crippen molar-refractivity contribution >= 4 is 28.9 Å². The molecular weight excluding hydrogens is 412 g/mol. The second kappa shape index (κ2) is 8.62. The molecule has 0 aliphatic carbocycles. The normalized spacial score (nSPS) is 11.2. The van der Waals surface area contributed by atoms with Crippen LogP contribution in [0.4, 0.5) is 0 Å². The minimum atomic E-state index is 0.116. The highest BCUT2D eigenvalue weighted by Gasteiger charge is 2.18. The van der Waals surface area contributed by atoms with E-state index < -0.39 is 0 Å². The summed E-state index contributed by atoms with van der Waals surface area (Å²) in [5.41, 5.74) is 5.12. The van der Waals surface area contributed by atoms with Gasteiger partial charge in [-0.2, -0.15) is 0 Å². The van der Waals surface area contributed by atoms with Gasteiger partial charge in [0.1, 0.15) is 0 Å². The van der Waals surface area contributed by atoms with Crippen LogP contribution in [0.3, 0.4) is 0 Å². The molecule has 0 aliphatic heterocycles. The summed E-state index contributed by atoms with van der Waals surface area (Å²) in [6.07, 6.45) is 0. The second-order valence-electron chi connectivity index (χ2n) is 7.40. The van der Waals surface area contributed by atoms with Crippen molar-refractivity contribution in [1.29, 1.82) is 0 Å². The standard InChI is InChI=1S/C23H24N4OS2/c1-15-7-5-8-18(11-15)22-24-25-23(26(22)4)30-14-21(28)20-12-16(2)27(17(20)3)13-19-9-6-10-29-19/h5-12H,13-14H2,1-4H3. The van der Waals surface area contributed by atoms with Gasteiger partial charge in [-0.25, -0.2) is 0 Å². The van der Waals surface area contributed by atoms with Crippen LogP contribution in [0.2, 0.25) is 0 Å². The Morgan fingerprint density at radius 3 is 2.67 bits per heavy atom. The molecule has 3 heterocycles. The summed E-state index contributed by atoms with van der Waals surface area (Å²) in [6, 6.07) is 14.4. The molecule has 0 aliphatic rings. The van der Waals surface area contributed by atoms with Crippen molar-refractivity contribution in [1.82, 2.24) is 19.3 Å². The summed E-state index contributed by atoms with van der Waals surface area (Å²) in [6.45, 7) is 6.94. The molecule has 0 radical (unpaired) electrons. The van der Waals surface area contributed by atoms with E-state index in [4.69, 9.17) is 0 Å². The molecule has 0 saturated heterocycles. The van der Waals surface area contributed by atoms with Gasteiger partial charge in [0.15, 0.2) is 16.8 Å². The van der Waals surface area contributed by atoms with E-state index >= 15 is 0 Å². The SMILES string of the molecule is Cc1cccc(-c2nnc(SCC(=O)c3cc(C)n(Cc4cccs4)c3C)n2C)c1. The first-order valence-electron chi connectivity index (χ1n) is 9.75. The van der Waals surface area contributed by atoms with Crippen molar-refractivity contribution in [2.45, 2.75) is 32.5 Å². The minimum Gasteiger partial charge on any atom is -0.343 e. The number of aromatic nitrogens is 4. The van der Waals surface area contributed by atoms with Crippen molar-refractivity contribution < 1.29 is 4.79 Å². The van der Waals surface area contributed by atoms with E-state index in [1.165, 1.54) is 22.2 Å². The average Bonchev–Trinajstić information content (AvgIpc) is 3.43. The van der Waals surface area contributed by atoms with Crippen molar-refractivity contribution in [3.05, 3.63) is 75.2 Å². The Hall–Kier alpha value is -2.64. The number of hydrogen-bond acceptors (Lipinski definition) is 5. The molecular formula is C23H24N4OS2. The first-order valence-corrected chi connectivity index (χ1v) is 11.6. The fraction of sp³-hybridized carbons (Fsp3) is 0.261. The number of carbonyl (C=O) groups excluding carboxylic acids is 1. The molecule has 0 spiro atoms. The molecule has 0 atom stereocenters. The van der Waals surface area contributed by atoms with Crippen LogP contribution in [0.25, 0.3) is 11.4 Å². The zero-order valence-electron chi connectivity index (χ0n) is 17.5. The van der Waals surface area contributed by atoms with Crippen LogP contribution in [0, 0.1) is 20.8 Å². The Balaban J connectivity index is 1.48. The van der Waals surface area contributed by atoms with Crippen LogP contribution < -0.4 is 0 Å². The van der Waals surface area contributed by atoms with Crippen LogP contribution >= 0.6 is 23.1 Å². The van der Waals surface area contributed by atoms with E-state index in [0.717, 1.165) is 40.0 Å². The fourth-order valence-electron chi connectivity index (χ4n) is 3.57. The van der Waals surface area contributed by atoms with Gasteiger partial charge < -0.3 is 9.13 Å². The Morgan fingerprint density at radius 1 is 1.10 bits per heavy atom. The Kier molecular flexibility index (Phi) is 5.92. The zero-order valence-corrected chi connectivity index (χ0v) is 19.2. The third kappa shape index (κ3) is 4.13. The highest BCUT2D eigenvalue weighted by molar-refractivity contribution is 7.99. The van der Waals surface area contributed by atoms with Crippen molar-refractivity contribution in [2.24, 2.45) is 7.05 Å². The lowest BCUT2D eigenvalue weighted by atomic mass is 10.1. The number of ketones is 1. The molecule has 0 unspecified atom stereocenters. The van der Waals surface area contributed by atoms with Gasteiger partial charge in [0.05, 0.1) is 12.3 Å². The van der Waals surface area contributed by atoms with Gasteiger partial charge in [-0.3, -0.25) is 4.79 Å². The van der Waals surface area contributed by atoms with E-state index in [-0.39, 0.29) is 5.78 Å². The number of nitrogens with zero attached hydrogens (tertiary/aromatic N) is 4. The molecule has 7 heteroatoms. The van der Waals surface area contributed by atoms with Crippen LogP contribution in [0.1, 0.15) is 32.2 Å². The lowest BCUT2D eigenvalue weighted by molar-refractivity contribution is 0.102. The van der Waals surface area contributed by atoms with Crippen molar-refractivity contribution in [3.8, 4) is 11.4 Å². The highest BCUT2D eigenvalue weighted by atomic mass is 32.2. The molecule has 30 heavy (non-hydrogen) atoms. The topological polar surface area (TPSA) is 52.7 Å². The summed E-state index contributed by atoms with van der Waals surface area (Å²) in [4.78, 5) is 14.2. The monoisotopic (exact) mass is 436 g/mol. The molecule has 0 fully saturated rings. The predicted molar refractivity (Wildman–Crippen MR) is 124 cm³/mol. The number of thiophene rings is 1. The first kappa shape index (κ1) is 20.6. The largest absolute Gasteiger partial charge is 0.343 e. The average molecular weight is 437 g/mol. The van der Waals surface area contributed by atoms with Crippen LogP contribution in [-0.4, -0.2) is 30.9 Å². The van der Waals surface area contributed by atoms with E-state index in [1.54, 1.807) is 11.3 Å². The minimum absolute atomic E-state index is 0.116. The second-order valence-corrected chi connectivity index (χ2v) is 9.37. The molecule has 0 N–H and O–H groups in total. The molecule has 154 valence electrons. The summed E-state index contributed by atoms with van der Waals surface area (Å²) >= 11 is 3.17. The summed E-state index contributed by atoms with van der Waals surface area (Å²) < 4.78 is 4.16. The molecule has 4 aromatic rings. The van der Waals surface area contributed by atoms with Gasteiger partial charge >= 0.3 is 0 Å². The Labute approximate surface area is 184 Å². The van der Waals surface area contributed by atoms with Crippen molar-refractivity contribution in [3.63, 3.8) is 0 Å². The number of carbonyl (C=O) groups is 1. The van der Waals surface area contributed by atoms with Crippen LogP contribution in [0.5, 0.6) is 0 Å². The van der Waals surface area contributed by atoms with Gasteiger partial charge in [-0.15, -0.1) is 21.5 Å². The summed E-state index contributed by atoms with van der Waals surface area (Å²) in [5.74, 6) is 1.26. The molecule has 4 rings (SSSR count). The third-order valence-electron chi connectivity index (χ3n) is 5.21. The number of rotatable bonds is 7. The number of Topliss-reactive ketones (excluding diaryl/α,β-unsaturated/α-hetero) is 1. The maximum Gasteiger partial charge on any atom is 0.191 e. The molecule has 3 aromatic heterocycles. The van der Waals surface area contributed by atoms with Gasteiger partial charge in [0.25, 0.3) is 0 Å². The van der Waals surface area contributed by atoms with Gasteiger partial charge in [-0.1, -0.05) is 41.6 Å². The third-order valence-corrected chi connectivity index (χ3v) is 7.09.